The van der Waals surface area contributed by atoms with E-state index >= 15 is 0 Å². The average Bonchev–Trinajstić information content (AvgIpc) is 2.80. The summed E-state index contributed by atoms with van der Waals surface area (Å²) in [5, 5.41) is 18.6. The highest BCUT2D eigenvalue weighted by Gasteiger charge is 2.13. The number of para-hydroxylation sites is 1. The Hall–Kier alpha value is -2.37. The molecule has 0 saturated carbocycles. The Labute approximate surface area is 135 Å². The molecule has 0 fully saturated rings. The summed E-state index contributed by atoms with van der Waals surface area (Å²) < 4.78 is 0. The molecule has 0 aliphatic heterocycles. The van der Waals surface area contributed by atoms with Gasteiger partial charge in [-0.25, -0.2) is 0 Å². The van der Waals surface area contributed by atoms with Crippen molar-refractivity contribution in [3.05, 3.63) is 58.1 Å². The fourth-order valence-electron chi connectivity index (χ4n) is 2.03. The maximum atomic E-state index is 12.0. The maximum Gasteiger partial charge on any atom is 0.296 e. The smallest absolute Gasteiger partial charge is 0.296 e. The van der Waals surface area contributed by atoms with Gasteiger partial charge in [0.05, 0.1) is 16.1 Å². The number of carbonyl (C=O) groups excluding carboxylic acids is 1. The fraction of sp³-hybridized carbons (Fsp3) is 0. The minimum absolute atomic E-state index is 0.153. The molecule has 0 radical (unpaired) electrons. The van der Waals surface area contributed by atoms with Crippen LogP contribution in [0.2, 0.25) is 10.0 Å². The first kappa shape index (κ1) is 14.6. The molecule has 0 bridgehead atoms. The fourth-order valence-corrected chi connectivity index (χ4v) is 2.52. The van der Waals surface area contributed by atoms with Crippen LogP contribution in [-0.2, 0) is 0 Å². The predicted molar refractivity (Wildman–Crippen MR) is 85.3 cm³/mol. The first-order valence-electron chi connectivity index (χ1n) is 6.27. The normalized spacial score (nSPS) is 11.4. The van der Waals surface area contributed by atoms with E-state index < -0.39 is 5.91 Å². The third-order valence-corrected chi connectivity index (χ3v) is 3.61. The van der Waals surface area contributed by atoms with E-state index in [0.29, 0.717) is 15.9 Å². The number of nitrogens with one attached hydrogen (secondary N) is 1. The Bertz CT molecular complexity index is 903. The van der Waals surface area contributed by atoms with Crippen molar-refractivity contribution in [2.24, 2.45) is 10.2 Å². The number of hydrogen-bond donors (Lipinski definition) is 2. The predicted octanol–water partition coefficient (Wildman–Crippen LogP) is 5.10. The first-order valence-corrected chi connectivity index (χ1v) is 7.02. The molecule has 22 heavy (non-hydrogen) atoms. The lowest BCUT2D eigenvalue weighted by Crippen LogP contribution is -1.94. The number of aromatic hydroxyl groups is 1. The molecule has 5 nitrogen and oxygen atoms in total. The van der Waals surface area contributed by atoms with Crippen molar-refractivity contribution < 1.29 is 9.90 Å². The highest BCUT2D eigenvalue weighted by Crippen LogP contribution is 2.35. The molecule has 0 aliphatic carbocycles. The molecule has 7 heteroatoms. The Morgan fingerprint density at radius 3 is 2.68 bits per heavy atom. The van der Waals surface area contributed by atoms with Gasteiger partial charge in [-0.05, 0) is 24.3 Å². The Morgan fingerprint density at radius 1 is 1.14 bits per heavy atom. The van der Waals surface area contributed by atoms with Gasteiger partial charge in [-0.1, -0.05) is 41.4 Å². The molecule has 1 amide bonds. The molecule has 110 valence electrons. The van der Waals surface area contributed by atoms with Gasteiger partial charge >= 0.3 is 0 Å². The van der Waals surface area contributed by atoms with E-state index in [4.69, 9.17) is 23.2 Å². The number of hydrogen-bond acceptors (Lipinski definition) is 3. The van der Waals surface area contributed by atoms with Crippen LogP contribution < -0.4 is 0 Å². The van der Waals surface area contributed by atoms with Gasteiger partial charge in [-0.15, -0.1) is 10.2 Å². The lowest BCUT2D eigenvalue weighted by atomic mass is 10.2. The number of amides is 1. The topological polar surface area (TPSA) is 77.8 Å². The summed E-state index contributed by atoms with van der Waals surface area (Å²) >= 11 is 11.7. The van der Waals surface area contributed by atoms with E-state index in [9.17, 15) is 9.90 Å². The number of carbonyl (C=O) groups is 1. The van der Waals surface area contributed by atoms with Gasteiger partial charge < -0.3 is 10.1 Å². The van der Waals surface area contributed by atoms with Crippen LogP contribution in [0.25, 0.3) is 10.9 Å². The molecule has 1 aromatic heterocycles. The highest BCUT2D eigenvalue weighted by molar-refractivity contribution is 6.36. The molecule has 2 N–H and O–H groups in total. The van der Waals surface area contributed by atoms with Crippen LogP contribution in [0.15, 0.2) is 52.7 Å². The summed E-state index contributed by atoms with van der Waals surface area (Å²) in [5.74, 6) is -0.772. The van der Waals surface area contributed by atoms with Gasteiger partial charge in [0.15, 0.2) is 5.69 Å². The number of rotatable bonds is 2. The zero-order chi connectivity index (χ0) is 15.7. The number of fused-ring (bicyclic) bond motifs is 1. The molecular formula is C15H9Cl2N3O2. The van der Waals surface area contributed by atoms with Crippen LogP contribution in [0.4, 0.5) is 5.69 Å². The monoisotopic (exact) mass is 333 g/mol. The van der Waals surface area contributed by atoms with Crippen molar-refractivity contribution in [1.29, 1.82) is 0 Å². The van der Waals surface area contributed by atoms with Gasteiger partial charge in [0.2, 0.25) is 5.88 Å². The van der Waals surface area contributed by atoms with Gasteiger partial charge in [0.25, 0.3) is 5.91 Å². The van der Waals surface area contributed by atoms with Crippen LogP contribution in [0.5, 0.6) is 5.88 Å². The van der Waals surface area contributed by atoms with Crippen molar-refractivity contribution in [3.63, 3.8) is 0 Å². The van der Waals surface area contributed by atoms with Crippen molar-refractivity contribution >= 4 is 45.7 Å². The number of aromatic amines is 1. The van der Waals surface area contributed by atoms with Crippen LogP contribution >= 0.6 is 23.2 Å². The Morgan fingerprint density at radius 2 is 1.91 bits per heavy atom. The molecule has 0 spiro atoms. The second-order valence-corrected chi connectivity index (χ2v) is 5.34. The SMILES string of the molecule is O=C(N=Nc1c(O)[nH]c2ccccc12)c1ccc(Cl)cc1Cl. The van der Waals surface area contributed by atoms with Crippen LogP contribution in [0.1, 0.15) is 10.4 Å². The minimum Gasteiger partial charge on any atom is -0.493 e. The number of halogens is 2. The van der Waals surface area contributed by atoms with E-state index in [1.54, 1.807) is 24.3 Å². The van der Waals surface area contributed by atoms with E-state index in [1.165, 1.54) is 12.1 Å². The average molecular weight is 334 g/mol. The van der Waals surface area contributed by atoms with Gasteiger partial charge in [0.1, 0.15) is 0 Å². The van der Waals surface area contributed by atoms with Crippen molar-refractivity contribution in [1.82, 2.24) is 4.98 Å². The molecular weight excluding hydrogens is 325 g/mol. The summed E-state index contributed by atoms with van der Waals surface area (Å²) in [6.45, 7) is 0. The van der Waals surface area contributed by atoms with E-state index in [2.05, 4.69) is 15.2 Å². The molecule has 1 heterocycles. The van der Waals surface area contributed by atoms with Crippen molar-refractivity contribution in [3.8, 4) is 5.88 Å². The van der Waals surface area contributed by atoms with E-state index in [-0.39, 0.29) is 22.2 Å². The quantitative estimate of drug-likeness (QED) is 0.639. The highest BCUT2D eigenvalue weighted by atomic mass is 35.5. The molecule has 3 aromatic rings. The lowest BCUT2D eigenvalue weighted by Gasteiger charge is -1.98. The van der Waals surface area contributed by atoms with Crippen LogP contribution in [0, 0.1) is 0 Å². The summed E-state index contributed by atoms with van der Waals surface area (Å²) in [6, 6.07) is 11.6. The Balaban J connectivity index is 1.96. The number of H-pyrrole nitrogens is 1. The zero-order valence-corrected chi connectivity index (χ0v) is 12.6. The number of nitrogens with zero attached hydrogens (tertiary/aromatic N) is 2. The third kappa shape index (κ3) is 2.68. The minimum atomic E-state index is -0.619. The van der Waals surface area contributed by atoms with Gasteiger partial charge in [0, 0.05) is 10.4 Å². The second kappa shape index (κ2) is 5.79. The summed E-state index contributed by atoms with van der Waals surface area (Å²) in [5.41, 5.74) is 1.09. The lowest BCUT2D eigenvalue weighted by molar-refractivity contribution is 0.0995. The van der Waals surface area contributed by atoms with E-state index in [1.807, 2.05) is 6.07 Å². The Kier molecular flexibility index (Phi) is 3.83. The first-order chi connectivity index (χ1) is 10.6. The van der Waals surface area contributed by atoms with Crippen molar-refractivity contribution in [2.75, 3.05) is 0 Å². The summed E-state index contributed by atoms with van der Waals surface area (Å²) in [4.78, 5) is 14.8. The maximum absolute atomic E-state index is 12.0. The second-order valence-electron chi connectivity index (χ2n) is 4.50. The molecule has 0 saturated heterocycles. The summed E-state index contributed by atoms with van der Waals surface area (Å²) in [6.07, 6.45) is 0. The largest absolute Gasteiger partial charge is 0.493 e. The number of benzene rings is 2. The molecule has 2 aromatic carbocycles. The molecule has 0 unspecified atom stereocenters. The number of azo groups is 1. The van der Waals surface area contributed by atoms with E-state index in [0.717, 1.165) is 0 Å². The van der Waals surface area contributed by atoms with Crippen LogP contribution in [-0.4, -0.2) is 16.0 Å². The molecule has 0 aliphatic rings. The standard InChI is InChI=1S/C15H9Cl2N3O2/c16-8-5-6-9(11(17)7-8)14(21)20-19-13-10-3-1-2-4-12(10)18-15(13)22/h1-7,18,22H. The molecule has 0 atom stereocenters. The molecule has 3 rings (SSSR count). The van der Waals surface area contributed by atoms with Gasteiger partial charge in [-0.3, -0.25) is 4.79 Å². The third-order valence-electron chi connectivity index (χ3n) is 3.06. The van der Waals surface area contributed by atoms with Crippen LogP contribution in [0.3, 0.4) is 0 Å². The zero-order valence-electron chi connectivity index (χ0n) is 11.0. The number of aromatic nitrogens is 1. The van der Waals surface area contributed by atoms with Crippen molar-refractivity contribution in [2.45, 2.75) is 0 Å². The summed E-state index contributed by atoms with van der Waals surface area (Å²) in [7, 11) is 0. The van der Waals surface area contributed by atoms with Gasteiger partial charge in [-0.2, -0.15) is 0 Å².